The highest BCUT2D eigenvalue weighted by atomic mass is 16.6. The van der Waals surface area contributed by atoms with E-state index in [2.05, 4.69) is 29.9 Å². The number of nitrogen functional groups attached to an aromatic ring is 1. The monoisotopic (exact) mass is 431 g/mol. The van der Waals surface area contributed by atoms with Crippen LogP contribution in [0.3, 0.4) is 0 Å². The van der Waals surface area contributed by atoms with Crippen molar-refractivity contribution in [3.05, 3.63) is 53.1 Å². The van der Waals surface area contributed by atoms with Gasteiger partial charge in [0.1, 0.15) is 11.5 Å². The number of carboxylic acids is 1. The number of rotatable bonds is 0. The van der Waals surface area contributed by atoms with Crippen molar-refractivity contribution < 1.29 is 33.7 Å². The molecule has 2 aliphatic rings. The molecule has 2 aliphatic heterocycles. The third-order valence-electron chi connectivity index (χ3n) is 3.85. The summed E-state index contributed by atoms with van der Waals surface area (Å²) in [5.41, 5.74) is 10.3. The Balaban J connectivity index is 0.000000218. The van der Waals surface area contributed by atoms with E-state index in [0.29, 0.717) is 0 Å². The zero-order chi connectivity index (χ0) is 23.4. The summed E-state index contributed by atoms with van der Waals surface area (Å²) in [6.45, 7) is 7.22. The Hall–Kier alpha value is -3.55. The molecule has 0 saturated heterocycles. The molecule has 0 spiro atoms. The molecule has 0 atom stereocenters. The lowest BCUT2D eigenvalue weighted by atomic mass is 10.1. The average molecular weight is 431 g/mol. The highest BCUT2D eigenvalue weighted by Gasteiger charge is 2.11. The van der Waals surface area contributed by atoms with Crippen LogP contribution in [0.2, 0.25) is 0 Å². The minimum absolute atomic E-state index is 0.562. The zero-order valence-corrected chi connectivity index (χ0v) is 18.3. The number of carbonyl (C=O) groups excluding carboxylic acids is 2. The first-order chi connectivity index (χ1) is 14.6. The fourth-order valence-electron chi connectivity index (χ4n) is 2.72. The molecule has 168 valence electrons. The Kier molecular flexibility index (Phi) is 10.6. The van der Waals surface area contributed by atoms with Crippen molar-refractivity contribution in [2.45, 2.75) is 40.5 Å². The number of aryl methyl sites for hydroxylation is 1. The van der Waals surface area contributed by atoms with E-state index < -0.39 is 17.9 Å². The summed E-state index contributed by atoms with van der Waals surface area (Å²) in [6.07, 6.45) is 2.08. The van der Waals surface area contributed by atoms with Gasteiger partial charge in [0, 0.05) is 39.3 Å². The highest BCUT2D eigenvalue weighted by molar-refractivity contribution is 5.82. The summed E-state index contributed by atoms with van der Waals surface area (Å²) in [6, 6.07) is 12.1. The largest absolute Gasteiger partial charge is 0.493 e. The number of anilines is 1. The predicted octanol–water partition coefficient (Wildman–Crippen LogP) is 3.32. The fraction of sp³-hybridized carbons (Fsp3) is 0.348. The van der Waals surface area contributed by atoms with Crippen LogP contribution in [0.4, 0.5) is 5.69 Å². The van der Waals surface area contributed by atoms with Gasteiger partial charge in [-0.2, -0.15) is 0 Å². The Bertz CT molecular complexity index is 837. The van der Waals surface area contributed by atoms with Gasteiger partial charge in [-0.25, -0.2) is 0 Å². The first kappa shape index (κ1) is 25.5. The maximum absolute atomic E-state index is 9.81. The normalized spacial score (nSPS) is 11.9. The van der Waals surface area contributed by atoms with Crippen LogP contribution >= 0.6 is 0 Å². The first-order valence-electron chi connectivity index (χ1n) is 9.70. The van der Waals surface area contributed by atoms with Gasteiger partial charge in [0.15, 0.2) is 0 Å². The number of fused-ring (bicyclic) bond motifs is 2. The molecule has 0 saturated carbocycles. The molecule has 2 heterocycles. The van der Waals surface area contributed by atoms with E-state index in [4.69, 9.17) is 25.1 Å². The molecule has 0 bridgehead atoms. The van der Waals surface area contributed by atoms with Crippen LogP contribution in [0.15, 0.2) is 36.4 Å². The number of hydrogen-bond donors (Lipinski definition) is 2. The molecule has 8 heteroatoms. The Morgan fingerprint density at radius 1 is 0.871 bits per heavy atom. The smallest absolute Gasteiger partial charge is 0.310 e. The maximum atomic E-state index is 9.81. The minimum Gasteiger partial charge on any atom is -0.493 e. The molecule has 31 heavy (non-hydrogen) atoms. The molecule has 0 aromatic heterocycles. The minimum atomic E-state index is -0.833. The van der Waals surface area contributed by atoms with E-state index >= 15 is 0 Å². The lowest BCUT2D eigenvalue weighted by molar-refractivity contribution is -0.156. The van der Waals surface area contributed by atoms with Crippen molar-refractivity contribution in [1.82, 2.24) is 0 Å². The summed E-state index contributed by atoms with van der Waals surface area (Å²) in [4.78, 5) is 28.6. The molecule has 8 nitrogen and oxygen atoms in total. The van der Waals surface area contributed by atoms with E-state index in [1.807, 2.05) is 18.2 Å². The second kappa shape index (κ2) is 12.9. The van der Waals surface area contributed by atoms with Crippen molar-refractivity contribution in [3.63, 3.8) is 0 Å². The molecule has 4 rings (SSSR count). The van der Waals surface area contributed by atoms with Crippen LogP contribution in [0.5, 0.6) is 11.5 Å². The lowest BCUT2D eigenvalue weighted by Gasteiger charge is -1.97. The molecule has 0 radical (unpaired) electrons. The van der Waals surface area contributed by atoms with Crippen LogP contribution in [0.1, 0.15) is 37.5 Å². The summed E-state index contributed by atoms with van der Waals surface area (Å²) in [5, 5.41) is 7.42. The van der Waals surface area contributed by atoms with Crippen molar-refractivity contribution in [2.75, 3.05) is 18.9 Å². The molecule has 3 N–H and O–H groups in total. The molecule has 0 aliphatic carbocycles. The van der Waals surface area contributed by atoms with E-state index in [1.54, 1.807) is 0 Å². The highest BCUT2D eigenvalue weighted by Crippen LogP contribution is 2.26. The maximum Gasteiger partial charge on any atom is 0.310 e. The number of nitrogens with two attached hydrogens (primary N) is 1. The molecular weight excluding hydrogens is 402 g/mol. The Morgan fingerprint density at radius 3 is 1.77 bits per heavy atom. The van der Waals surface area contributed by atoms with Gasteiger partial charge in [0.2, 0.25) is 0 Å². The van der Waals surface area contributed by atoms with Crippen molar-refractivity contribution >= 4 is 23.6 Å². The van der Waals surface area contributed by atoms with E-state index in [1.165, 1.54) is 30.5 Å². The van der Waals surface area contributed by atoms with Crippen molar-refractivity contribution in [3.8, 4) is 11.5 Å². The van der Waals surface area contributed by atoms with Crippen LogP contribution in [-0.4, -0.2) is 36.2 Å². The van der Waals surface area contributed by atoms with Gasteiger partial charge in [0.05, 0.1) is 13.2 Å². The third-order valence-corrected chi connectivity index (χ3v) is 3.85. The molecule has 0 fully saturated rings. The molecule has 2 aromatic carbocycles. The van der Waals surface area contributed by atoms with E-state index in [-0.39, 0.29) is 0 Å². The fourth-order valence-corrected chi connectivity index (χ4v) is 2.72. The second-order valence-electron chi connectivity index (χ2n) is 6.78. The summed E-state index contributed by atoms with van der Waals surface area (Å²) < 4.78 is 14.6. The van der Waals surface area contributed by atoms with Gasteiger partial charge in [-0.3, -0.25) is 14.4 Å². The number of hydrogen-bond acceptors (Lipinski definition) is 7. The van der Waals surface area contributed by atoms with Gasteiger partial charge < -0.3 is 25.1 Å². The average Bonchev–Trinajstić information content (AvgIpc) is 3.29. The van der Waals surface area contributed by atoms with Gasteiger partial charge in [0.25, 0.3) is 5.97 Å². The SMILES string of the molecule is CC(=O)O.CC(=O)OC(C)=O.Cc1ccc2c(c1)CCO2.Nc1ccc2c(c1)CCO2. The van der Waals surface area contributed by atoms with Crippen LogP contribution in [-0.2, 0) is 32.0 Å². The molecule has 2 aromatic rings. The topological polar surface area (TPSA) is 125 Å². The molecule has 0 amide bonds. The Morgan fingerprint density at radius 2 is 1.32 bits per heavy atom. The Labute approximate surface area is 181 Å². The molecular formula is C23H29NO7. The first-order valence-corrected chi connectivity index (χ1v) is 9.70. The zero-order valence-electron chi connectivity index (χ0n) is 18.3. The lowest BCUT2D eigenvalue weighted by Crippen LogP contribution is -2.03. The van der Waals surface area contributed by atoms with Gasteiger partial charge >= 0.3 is 11.9 Å². The van der Waals surface area contributed by atoms with Gasteiger partial charge in [-0.15, -0.1) is 0 Å². The number of carboxylic acid groups (broad SMARTS) is 1. The van der Waals surface area contributed by atoms with Gasteiger partial charge in [-0.1, -0.05) is 17.7 Å². The van der Waals surface area contributed by atoms with Crippen molar-refractivity contribution in [1.29, 1.82) is 0 Å². The predicted molar refractivity (Wildman–Crippen MR) is 116 cm³/mol. The van der Waals surface area contributed by atoms with E-state index in [0.717, 1.165) is 50.2 Å². The van der Waals surface area contributed by atoms with Gasteiger partial charge in [-0.05, 0) is 42.3 Å². The number of ether oxygens (including phenoxy) is 3. The van der Waals surface area contributed by atoms with Crippen molar-refractivity contribution in [2.24, 2.45) is 0 Å². The van der Waals surface area contributed by atoms with E-state index in [9.17, 15) is 9.59 Å². The summed E-state index contributed by atoms with van der Waals surface area (Å²) >= 11 is 0. The standard InChI is InChI=1S/C9H10O.C8H9NO.C4H6O3.C2H4O2/c1-7-2-3-9-8(6-7)4-5-10-9;9-7-1-2-8-6(5-7)3-4-10-8;1-3(5)7-4(2)6;1-2(3)4/h2-3,6H,4-5H2,1H3;1-2,5H,3-4,9H2;1-2H3;1H3,(H,3,4). The molecule has 0 unspecified atom stereocenters. The summed E-state index contributed by atoms with van der Waals surface area (Å²) in [7, 11) is 0. The summed E-state index contributed by atoms with van der Waals surface area (Å²) in [5.74, 6) is 0.111. The van der Waals surface area contributed by atoms with Crippen LogP contribution in [0, 0.1) is 6.92 Å². The number of esters is 2. The number of benzene rings is 2. The second-order valence-corrected chi connectivity index (χ2v) is 6.78. The van der Waals surface area contributed by atoms with Crippen LogP contribution in [0.25, 0.3) is 0 Å². The van der Waals surface area contributed by atoms with Crippen LogP contribution < -0.4 is 15.2 Å². The quantitative estimate of drug-likeness (QED) is 0.370. The number of aliphatic carboxylic acids is 1. The third kappa shape index (κ3) is 10.7. The number of carbonyl (C=O) groups is 3.